The van der Waals surface area contributed by atoms with Gasteiger partial charge in [0.1, 0.15) is 11.2 Å². The van der Waals surface area contributed by atoms with E-state index in [1.807, 2.05) is 91.0 Å². The number of hydrogen-bond acceptors (Lipinski definition) is 1. The third-order valence-electron chi connectivity index (χ3n) is 10.0. The van der Waals surface area contributed by atoms with Crippen molar-refractivity contribution in [3.05, 3.63) is 194 Å². The van der Waals surface area contributed by atoms with Gasteiger partial charge in [-0.3, -0.25) is 0 Å². The Bertz CT molecular complexity index is 4000. The Morgan fingerprint density at radius 1 is 0.302 bits per heavy atom. The predicted octanol–water partition coefficient (Wildman–Crippen LogP) is 14.9. The van der Waals surface area contributed by atoms with E-state index >= 15 is 0 Å². The van der Waals surface area contributed by atoms with Crippen molar-refractivity contribution in [2.45, 2.75) is 0 Å². The summed E-state index contributed by atoms with van der Waals surface area (Å²) in [5.74, 6) is 0. The van der Waals surface area contributed by atoms with E-state index in [0.717, 1.165) is 33.0 Å². The van der Waals surface area contributed by atoms with Gasteiger partial charge in [0, 0.05) is 21.9 Å². The van der Waals surface area contributed by atoms with Crippen molar-refractivity contribution in [3.8, 4) is 44.5 Å². The molecular formula is C52H32O. The van der Waals surface area contributed by atoms with Gasteiger partial charge in [0.15, 0.2) is 0 Å². The fraction of sp³-hybridized carbons (Fsp3) is 0. The molecule has 1 nitrogen and oxygen atoms in total. The lowest BCUT2D eigenvalue weighted by Crippen LogP contribution is -1.92. The molecule has 0 amide bonds. The molecule has 0 aliphatic carbocycles. The summed E-state index contributed by atoms with van der Waals surface area (Å²) in [5.41, 5.74) is 4.27. The van der Waals surface area contributed by atoms with Crippen LogP contribution in [0.5, 0.6) is 0 Å². The van der Waals surface area contributed by atoms with Gasteiger partial charge in [-0.05, 0) is 76.5 Å². The van der Waals surface area contributed by atoms with Crippen LogP contribution in [0.2, 0.25) is 0 Å². The van der Waals surface area contributed by atoms with Crippen LogP contribution < -0.4 is 0 Å². The van der Waals surface area contributed by atoms with Crippen molar-refractivity contribution in [1.29, 1.82) is 0 Å². The third-order valence-corrected chi connectivity index (χ3v) is 10.0. The molecule has 1 heteroatoms. The van der Waals surface area contributed by atoms with Gasteiger partial charge in [-0.15, -0.1) is 0 Å². The van der Waals surface area contributed by atoms with E-state index in [1.165, 1.54) is 0 Å². The lowest BCUT2D eigenvalue weighted by Gasteiger charge is -2.20. The summed E-state index contributed by atoms with van der Waals surface area (Å²) in [7, 11) is 0. The first kappa shape index (κ1) is 18.5. The number of benzene rings is 10. The second-order valence-corrected chi connectivity index (χ2v) is 12.8. The van der Waals surface area contributed by atoms with E-state index in [1.54, 1.807) is 12.1 Å². The van der Waals surface area contributed by atoms with Crippen LogP contribution >= 0.6 is 0 Å². The molecule has 1 heterocycles. The first-order valence-corrected chi connectivity index (χ1v) is 17.0. The highest BCUT2D eigenvalue weighted by atomic mass is 16.3. The van der Waals surface area contributed by atoms with Crippen LogP contribution in [0, 0.1) is 0 Å². The highest BCUT2D eigenvalue weighted by Crippen LogP contribution is 2.48. The fourth-order valence-electron chi connectivity index (χ4n) is 7.78. The van der Waals surface area contributed by atoms with E-state index in [9.17, 15) is 6.85 Å². The average molecular weight is 688 g/mol. The third kappa shape index (κ3) is 4.51. The zero-order valence-corrected chi connectivity index (χ0v) is 27.7. The van der Waals surface area contributed by atoms with Crippen molar-refractivity contribution in [1.82, 2.24) is 0 Å². The van der Waals surface area contributed by atoms with Gasteiger partial charge in [0.2, 0.25) is 0 Å². The van der Waals surface area contributed by atoms with E-state index < -0.39 is 107 Å². The van der Waals surface area contributed by atoms with Crippen molar-refractivity contribution in [2.24, 2.45) is 0 Å². The van der Waals surface area contributed by atoms with Crippen LogP contribution in [0.25, 0.3) is 110 Å². The van der Waals surface area contributed by atoms with E-state index in [-0.39, 0.29) is 32.7 Å². The molecule has 0 aliphatic heterocycles. The topological polar surface area (TPSA) is 13.1 Å². The van der Waals surface area contributed by atoms with Gasteiger partial charge in [0.25, 0.3) is 0 Å². The number of rotatable bonds is 4. The molecule has 0 spiro atoms. The monoisotopic (exact) mass is 687 g/mol. The smallest absolute Gasteiger partial charge is 0.143 e. The minimum atomic E-state index is -0.762. The second kappa shape index (κ2) is 11.8. The molecule has 11 rings (SSSR count). The molecule has 0 aliphatic rings. The quantitative estimate of drug-likeness (QED) is 0.168. The normalized spacial score (nSPS) is 15.7. The lowest BCUT2D eigenvalue weighted by atomic mass is 9.83. The molecule has 0 radical (unpaired) electrons. The van der Waals surface area contributed by atoms with Gasteiger partial charge < -0.3 is 4.42 Å². The summed E-state index contributed by atoms with van der Waals surface area (Å²) in [6.45, 7) is 0. The predicted molar refractivity (Wildman–Crippen MR) is 225 cm³/mol. The van der Waals surface area contributed by atoms with Crippen LogP contribution in [0.15, 0.2) is 198 Å². The maximum Gasteiger partial charge on any atom is 0.143 e. The summed E-state index contributed by atoms with van der Waals surface area (Å²) in [6.07, 6.45) is 0. The SMILES string of the molecule is [2H]c1c([2H])c([2H])c2c(-c3c4c([2H])c([2H])c([2H])c([2H])c4c(-c4cccc5c(-c6cccc7c6oc6c(-c8ccccc8)cccc67)cccc45)c4c([2H])c([2H])c([2H])c([2H])c34)c([2H])c([2H])c([2H])c2c1[2H]. The van der Waals surface area contributed by atoms with E-state index in [2.05, 4.69) is 0 Å². The molecule has 10 aromatic carbocycles. The Morgan fingerprint density at radius 3 is 1.43 bits per heavy atom. The van der Waals surface area contributed by atoms with Crippen LogP contribution in [-0.2, 0) is 0 Å². The van der Waals surface area contributed by atoms with E-state index in [0.29, 0.717) is 27.5 Å². The molecule has 0 saturated heterocycles. The number of hydrogen-bond donors (Lipinski definition) is 0. The molecule has 11 aromatic rings. The summed E-state index contributed by atoms with van der Waals surface area (Å²) in [4.78, 5) is 0. The first-order chi connectivity index (χ1) is 32.6. The molecule has 0 bridgehead atoms. The average Bonchev–Trinajstić information content (AvgIpc) is 3.75. The Hall–Kier alpha value is -6.96. The first-order valence-electron chi connectivity index (χ1n) is 24.5. The summed E-state index contributed by atoms with van der Waals surface area (Å²) in [5, 5.41) is 1.17. The standard InChI is InChI=1S/C52H32O/c1-2-15-34(16-3-1)36-24-11-31-47-48-32-14-30-46(52(48)53-51(36)47)39-27-12-26-38-37(39)25-13-29-41(38)50-44-22-8-6-20-42(44)49(43-21-7-9-23-45(43)50)40-28-10-18-33-17-4-5-19-35(33)40/h1-32H/i4D,5D,6D,7D,8D,9D,10D,17D,18D,19D,20D,21D,22D,23D,28D. The number of furan rings is 1. The van der Waals surface area contributed by atoms with Crippen LogP contribution in [0.3, 0.4) is 0 Å². The minimum Gasteiger partial charge on any atom is -0.455 e. The number of para-hydroxylation sites is 2. The fourth-order valence-corrected chi connectivity index (χ4v) is 7.78. The van der Waals surface area contributed by atoms with Crippen molar-refractivity contribution < 1.29 is 25.0 Å². The summed E-state index contributed by atoms with van der Waals surface area (Å²) in [6, 6.07) is 22.4. The maximum atomic E-state index is 9.58. The minimum absolute atomic E-state index is 0.0240. The lowest BCUT2D eigenvalue weighted by molar-refractivity contribution is 0.671. The number of fused-ring (bicyclic) bond motifs is 7. The molecule has 0 saturated carbocycles. The van der Waals surface area contributed by atoms with Crippen molar-refractivity contribution in [2.75, 3.05) is 0 Å². The second-order valence-electron chi connectivity index (χ2n) is 12.8. The van der Waals surface area contributed by atoms with Gasteiger partial charge in [-0.1, -0.05) is 194 Å². The zero-order chi connectivity index (χ0) is 47.9. The summed E-state index contributed by atoms with van der Waals surface area (Å²) >= 11 is 0. The van der Waals surface area contributed by atoms with Crippen molar-refractivity contribution in [3.63, 3.8) is 0 Å². The van der Waals surface area contributed by atoms with Gasteiger partial charge >= 0.3 is 0 Å². The van der Waals surface area contributed by atoms with Crippen LogP contribution in [-0.4, -0.2) is 0 Å². The van der Waals surface area contributed by atoms with Gasteiger partial charge in [-0.2, -0.15) is 0 Å². The largest absolute Gasteiger partial charge is 0.455 e. The van der Waals surface area contributed by atoms with Gasteiger partial charge in [0.05, 0.1) is 20.6 Å². The highest BCUT2D eigenvalue weighted by molar-refractivity contribution is 6.26. The molecule has 1 aromatic heterocycles. The highest BCUT2D eigenvalue weighted by Gasteiger charge is 2.21. The molecule has 0 unspecified atom stereocenters. The zero-order valence-electron chi connectivity index (χ0n) is 42.7. The van der Waals surface area contributed by atoms with Crippen LogP contribution in [0.1, 0.15) is 20.6 Å². The molecule has 0 N–H and O–H groups in total. The van der Waals surface area contributed by atoms with Crippen molar-refractivity contribution >= 4 is 65.0 Å². The molecule has 246 valence electrons. The molecule has 53 heavy (non-hydrogen) atoms. The van der Waals surface area contributed by atoms with Crippen LogP contribution in [0.4, 0.5) is 0 Å². The molecule has 0 atom stereocenters. The van der Waals surface area contributed by atoms with Gasteiger partial charge in [-0.25, -0.2) is 0 Å². The molecule has 0 fully saturated rings. The summed E-state index contributed by atoms with van der Waals surface area (Å²) < 4.78 is 143. The maximum absolute atomic E-state index is 9.58. The Morgan fingerprint density at radius 2 is 0.774 bits per heavy atom. The Balaban J connectivity index is 1.32. The Labute approximate surface area is 328 Å². The van der Waals surface area contributed by atoms with E-state index in [4.69, 9.17) is 18.1 Å². The molecular weight excluding hydrogens is 641 g/mol. The Kier molecular flexibility index (Phi) is 4.12.